The summed E-state index contributed by atoms with van der Waals surface area (Å²) in [5.41, 5.74) is 6.65. The highest BCUT2D eigenvalue weighted by molar-refractivity contribution is 5.82. The van der Waals surface area contributed by atoms with Gasteiger partial charge in [-0.2, -0.15) is 0 Å². The lowest BCUT2D eigenvalue weighted by molar-refractivity contribution is -0.141. The van der Waals surface area contributed by atoms with E-state index in [0.29, 0.717) is 13.1 Å². The third-order valence-corrected chi connectivity index (χ3v) is 3.39. The summed E-state index contributed by atoms with van der Waals surface area (Å²) < 4.78 is 0. The minimum Gasteiger partial charge on any atom is -0.336 e. The Morgan fingerprint density at radius 2 is 2.33 bits per heavy atom. The quantitative estimate of drug-likeness (QED) is 0.819. The number of amides is 1. The van der Waals surface area contributed by atoms with Crippen molar-refractivity contribution in [2.75, 3.05) is 26.7 Å². The lowest BCUT2D eigenvalue weighted by Crippen LogP contribution is -2.55. The van der Waals surface area contributed by atoms with Crippen molar-refractivity contribution in [3.8, 4) is 0 Å². The average molecular weight is 248 g/mol. The van der Waals surface area contributed by atoms with E-state index in [1.807, 2.05) is 30.3 Å². The van der Waals surface area contributed by atoms with Crippen LogP contribution in [0.2, 0.25) is 0 Å². The molecule has 0 bridgehead atoms. The summed E-state index contributed by atoms with van der Waals surface area (Å²) in [7, 11) is 1.99. The van der Waals surface area contributed by atoms with Gasteiger partial charge in [-0.1, -0.05) is 6.07 Å². The maximum Gasteiger partial charge on any atom is 0.240 e. The number of carbonyl (C=O) groups is 1. The second-order valence-corrected chi connectivity index (χ2v) is 4.69. The highest BCUT2D eigenvalue weighted by atomic mass is 16.2. The zero-order valence-corrected chi connectivity index (χ0v) is 10.7. The fourth-order valence-electron chi connectivity index (χ4n) is 2.31. The molecule has 0 saturated carbocycles. The summed E-state index contributed by atoms with van der Waals surface area (Å²) in [6.45, 7) is 2.85. The molecular weight excluding hydrogens is 228 g/mol. The molecular formula is C13H20N4O. The van der Waals surface area contributed by atoms with Crippen molar-refractivity contribution in [3.05, 3.63) is 30.1 Å². The number of pyridine rings is 1. The monoisotopic (exact) mass is 248 g/mol. The summed E-state index contributed by atoms with van der Waals surface area (Å²) in [5.74, 6) is 0.179. The molecule has 98 valence electrons. The van der Waals surface area contributed by atoms with Crippen molar-refractivity contribution in [2.45, 2.75) is 19.0 Å². The highest BCUT2D eigenvalue weighted by Crippen LogP contribution is 2.14. The van der Waals surface area contributed by atoms with E-state index in [1.165, 1.54) is 0 Å². The van der Waals surface area contributed by atoms with Crippen LogP contribution in [0.25, 0.3) is 0 Å². The largest absolute Gasteiger partial charge is 0.336 e. The molecule has 1 saturated heterocycles. The van der Waals surface area contributed by atoms with Crippen LogP contribution in [0.1, 0.15) is 12.0 Å². The van der Waals surface area contributed by atoms with Gasteiger partial charge < -0.3 is 10.6 Å². The van der Waals surface area contributed by atoms with Gasteiger partial charge in [-0.05, 0) is 31.6 Å². The lowest BCUT2D eigenvalue weighted by Gasteiger charge is -2.38. The summed E-state index contributed by atoms with van der Waals surface area (Å²) in [5, 5.41) is 0. The number of carbonyl (C=O) groups excluding carboxylic acids is 1. The molecule has 1 aromatic heterocycles. The van der Waals surface area contributed by atoms with E-state index in [9.17, 15) is 4.79 Å². The van der Waals surface area contributed by atoms with E-state index in [1.54, 1.807) is 6.20 Å². The molecule has 1 aromatic rings. The predicted molar refractivity (Wildman–Crippen MR) is 69.7 cm³/mol. The smallest absolute Gasteiger partial charge is 0.240 e. The van der Waals surface area contributed by atoms with Crippen LogP contribution in [0.4, 0.5) is 0 Å². The summed E-state index contributed by atoms with van der Waals surface area (Å²) in [6, 6.07) is 3.82. The van der Waals surface area contributed by atoms with Gasteiger partial charge in [0.05, 0.1) is 6.04 Å². The fourth-order valence-corrected chi connectivity index (χ4v) is 2.31. The molecule has 0 aromatic carbocycles. The number of nitrogens with zero attached hydrogens (tertiary/aromatic N) is 3. The molecule has 5 heteroatoms. The highest BCUT2D eigenvalue weighted by Gasteiger charge is 2.31. The first-order valence-electron chi connectivity index (χ1n) is 6.30. The number of nitrogens with two attached hydrogens (primary N) is 1. The van der Waals surface area contributed by atoms with Gasteiger partial charge in [0.25, 0.3) is 0 Å². The fraction of sp³-hybridized carbons (Fsp3) is 0.538. The van der Waals surface area contributed by atoms with Gasteiger partial charge in [-0.3, -0.25) is 14.7 Å². The Labute approximate surface area is 108 Å². The Hall–Kier alpha value is -1.46. The second-order valence-electron chi connectivity index (χ2n) is 4.69. The van der Waals surface area contributed by atoms with E-state index in [-0.39, 0.29) is 11.9 Å². The molecule has 1 unspecified atom stereocenters. The first-order chi connectivity index (χ1) is 8.72. The van der Waals surface area contributed by atoms with Crippen molar-refractivity contribution in [2.24, 2.45) is 5.73 Å². The molecule has 1 aliphatic heterocycles. The van der Waals surface area contributed by atoms with Gasteiger partial charge in [-0.25, -0.2) is 0 Å². The maximum atomic E-state index is 12.3. The van der Waals surface area contributed by atoms with Crippen molar-refractivity contribution in [1.29, 1.82) is 0 Å². The van der Waals surface area contributed by atoms with Gasteiger partial charge in [0.1, 0.15) is 0 Å². The normalized spacial score (nSPS) is 21.3. The van der Waals surface area contributed by atoms with E-state index < -0.39 is 0 Å². The zero-order valence-electron chi connectivity index (χ0n) is 10.7. The number of likely N-dealkylation sites (N-methyl/N-ethyl adjacent to an activating group) is 1. The third kappa shape index (κ3) is 2.86. The molecule has 0 aliphatic carbocycles. The zero-order chi connectivity index (χ0) is 13.0. The van der Waals surface area contributed by atoms with Crippen LogP contribution in [0.3, 0.4) is 0 Å². The topological polar surface area (TPSA) is 62.5 Å². The van der Waals surface area contributed by atoms with Crippen molar-refractivity contribution >= 4 is 5.91 Å². The summed E-state index contributed by atoms with van der Waals surface area (Å²) in [6.07, 6.45) is 4.27. The van der Waals surface area contributed by atoms with Crippen molar-refractivity contribution in [1.82, 2.24) is 14.8 Å². The van der Waals surface area contributed by atoms with Crippen molar-refractivity contribution < 1.29 is 4.79 Å². The Morgan fingerprint density at radius 3 is 3.00 bits per heavy atom. The SMILES string of the molecule is CN1CCN(Cc2cccnc2)C(=O)C1CCN. The summed E-state index contributed by atoms with van der Waals surface area (Å²) >= 11 is 0. The van der Waals surface area contributed by atoms with E-state index in [4.69, 9.17) is 5.73 Å². The molecule has 18 heavy (non-hydrogen) atoms. The van der Waals surface area contributed by atoms with Crippen LogP contribution in [0, 0.1) is 0 Å². The molecule has 2 N–H and O–H groups in total. The van der Waals surface area contributed by atoms with Gasteiger partial charge in [0.15, 0.2) is 0 Å². The first kappa shape index (κ1) is 13.0. The number of hydrogen-bond donors (Lipinski definition) is 1. The number of piperazine rings is 1. The predicted octanol–water partition coefficient (Wildman–Crippen LogP) is 0.0730. The molecule has 2 rings (SSSR count). The van der Waals surface area contributed by atoms with E-state index >= 15 is 0 Å². The Morgan fingerprint density at radius 1 is 1.50 bits per heavy atom. The second kappa shape index (κ2) is 5.93. The van der Waals surface area contributed by atoms with Gasteiger partial charge in [0.2, 0.25) is 5.91 Å². The van der Waals surface area contributed by atoms with E-state index in [0.717, 1.165) is 25.1 Å². The van der Waals surface area contributed by atoms with Crippen LogP contribution in [0.15, 0.2) is 24.5 Å². The van der Waals surface area contributed by atoms with Crippen LogP contribution in [-0.2, 0) is 11.3 Å². The number of rotatable bonds is 4. The Balaban J connectivity index is 2.03. The van der Waals surface area contributed by atoms with Crippen LogP contribution in [0.5, 0.6) is 0 Å². The summed E-state index contributed by atoms with van der Waals surface area (Å²) in [4.78, 5) is 20.4. The first-order valence-corrected chi connectivity index (χ1v) is 6.30. The molecule has 1 amide bonds. The maximum absolute atomic E-state index is 12.3. The average Bonchev–Trinajstić information content (AvgIpc) is 2.39. The van der Waals surface area contributed by atoms with Gasteiger partial charge in [-0.15, -0.1) is 0 Å². The molecule has 0 spiro atoms. The van der Waals surface area contributed by atoms with Crippen LogP contribution >= 0.6 is 0 Å². The Bertz CT molecular complexity index is 395. The van der Waals surface area contributed by atoms with Crippen molar-refractivity contribution in [3.63, 3.8) is 0 Å². The molecule has 1 fully saturated rings. The van der Waals surface area contributed by atoms with E-state index in [2.05, 4.69) is 9.88 Å². The molecule has 1 aliphatic rings. The number of hydrogen-bond acceptors (Lipinski definition) is 4. The molecule has 0 radical (unpaired) electrons. The number of aromatic nitrogens is 1. The van der Waals surface area contributed by atoms with Crippen LogP contribution < -0.4 is 5.73 Å². The minimum absolute atomic E-state index is 0.0691. The standard InChI is InChI=1S/C13H20N4O/c1-16-7-8-17(13(18)12(16)4-5-14)10-11-3-2-6-15-9-11/h2-3,6,9,12H,4-5,7-8,10,14H2,1H3. The molecule has 5 nitrogen and oxygen atoms in total. The minimum atomic E-state index is -0.0691. The third-order valence-electron chi connectivity index (χ3n) is 3.39. The lowest BCUT2D eigenvalue weighted by atomic mass is 10.1. The Kier molecular flexibility index (Phi) is 4.28. The van der Waals surface area contributed by atoms with Crippen LogP contribution in [-0.4, -0.2) is 53.4 Å². The molecule has 1 atom stereocenters. The van der Waals surface area contributed by atoms with Gasteiger partial charge in [0, 0.05) is 32.0 Å². The van der Waals surface area contributed by atoms with Gasteiger partial charge >= 0.3 is 0 Å². The molecule has 2 heterocycles.